The van der Waals surface area contributed by atoms with Crippen molar-refractivity contribution >= 4 is 17.9 Å². The first-order valence-electron chi connectivity index (χ1n) is 19.8. The molecule has 5 aliphatic rings. The van der Waals surface area contributed by atoms with Crippen LogP contribution in [0.15, 0.2) is 24.3 Å². The quantitative estimate of drug-likeness (QED) is 0.0465. The Labute approximate surface area is 292 Å². The van der Waals surface area contributed by atoms with Gasteiger partial charge in [-0.15, -0.1) is 0 Å². The van der Waals surface area contributed by atoms with Gasteiger partial charge >= 0.3 is 17.9 Å². The van der Waals surface area contributed by atoms with E-state index in [1.165, 1.54) is 77.0 Å². The average Bonchev–Trinajstić information content (AvgIpc) is 3.05. The molecule has 0 amide bonds. The number of rotatable bonds is 23. The third-order valence-electron chi connectivity index (χ3n) is 11.5. The highest BCUT2D eigenvalue weighted by Crippen LogP contribution is 2.61. The van der Waals surface area contributed by atoms with Gasteiger partial charge in [0, 0.05) is 6.42 Å². The van der Waals surface area contributed by atoms with Gasteiger partial charge in [-0.25, -0.2) is 0 Å². The molecule has 0 N–H and O–H groups in total. The second kappa shape index (κ2) is 21.2. The van der Waals surface area contributed by atoms with E-state index in [0.29, 0.717) is 12.8 Å². The van der Waals surface area contributed by atoms with Gasteiger partial charge in [0.25, 0.3) is 0 Å². The highest BCUT2D eigenvalue weighted by Gasteiger charge is 2.51. The first-order valence-corrected chi connectivity index (χ1v) is 19.8. The maximum atomic E-state index is 13.1. The number of allylic oxidation sites excluding steroid dienone is 4. The van der Waals surface area contributed by atoms with Gasteiger partial charge in [-0.2, -0.15) is 0 Å². The van der Waals surface area contributed by atoms with Gasteiger partial charge in [-0.1, -0.05) is 63.3 Å². The third kappa shape index (κ3) is 14.0. The molecule has 5 fully saturated rings. The summed E-state index contributed by atoms with van der Waals surface area (Å²) in [7, 11) is 2.07. The summed E-state index contributed by atoms with van der Waals surface area (Å²) >= 11 is 0. The zero-order valence-electron chi connectivity index (χ0n) is 30.5. The summed E-state index contributed by atoms with van der Waals surface area (Å²) in [5.74, 6) is 1.34. The first kappa shape index (κ1) is 38.6. The standard InChI is InChI=1S/C41H67NO6/c1-3-4-5-6-7-8-9-10-11-12-13-14-15-16-17-18-38(43)46-30-36(32-48-40(45)37-19-21-42(2)22-20-37)31-47-39(44)29-41-26-33-23-34(27-41)25-35(24-33)28-41/h7-8,10-11,33-37H,3-6,9,12-32H2,1-2H3/b8-7-,11-10-. The molecule has 1 atom stereocenters. The second-order valence-electron chi connectivity index (χ2n) is 16.0. The number of esters is 3. The van der Waals surface area contributed by atoms with Crippen LogP contribution >= 0.6 is 0 Å². The maximum Gasteiger partial charge on any atom is 0.309 e. The number of ether oxygens (including phenoxy) is 3. The van der Waals surface area contributed by atoms with Crippen molar-refractivity contribution in [3.8, 4) is 0 Å². The van der Waals surface area contributed by atoms with E-state index in [1.807, 2.05) is 0 Å². The lowest BCUT2D eigenvalue weighted by atomic mass is 9.49. The minimum Gasteiger partial charge on any atom is -0.465 e. The number of carbonyl (C=O) groups is 3. The number of nitrogens with zero attached hydrogens (tertiary/aromatic N) is 1. The molecule has 1 heterocycles. The molecular formula is C41H67NO6. The lowest BCUT2D eigenvalue weighted by Gasteiger charge is -2.56. The number of piperidine rings is 1. The average molecular weight is 670 g/mol. The molecule has 7 nitrogen and oxygen atoms in total. The molecule has 272 valence electrons. The summed E-state index contributed by atoms with van der Waals surface area (Å²) in [6.45, 7) is 4.33. The molecule has 1 saturated heterocycles. The van der Waals surface area contributed by atoms with E-state index in [2.05, 4.69) is 43.2 Å². The minimum absolute atomic E-state index is 0.0960. The largest absolute Gasteiger partial charge is 0.465 e. The second-order valence-corrected chi connectivity index (χ2v) is 16.0. The Hall–Kier alpha value is -2.15. The van der Waals surface area contributed by atoms with Crippen LogP contribution in [0.5, 0.6) is 0 Å². The lowest BCUT2D eigenvalue weighted by molar-refractivity contribution is -0.159. The van der Waals surface area contributed by atoms with Crippen LogP contribution in [0.1, 0.15) is 142 Å². The van der Waals surface area contributed by atoms with E-state index in [4.69, 9.17) is 14.2 Å². The monoisotopic (exact) mass is 669 g/mol. The van der Waals surface area contributed by atoms with Crippen LogP contribution < -0.4 is 0 Å². The topological polar surface area (TPSA) is 82.1 Å². The van der Waals surface area contributed by atoms with Crippen molar-refractivity contribution in [1.29, 1.82) is 0 Å². The Morgan fingerprint density at radius 1 is 0.708 bits per heavy atom. The van der Waals surface area contributed by atoms with Gasteiger partial charge < -0.3 is 19.1 Å². The van der Waals surface area contributed by atoms with Crippen LogP contribution in [0.4, 0.5) is 0 Å². The van der Waals surface area contributed by atoms with E-state index in [1.54, 1.807) is 0 Å². The molecule has 48 heavy (non-hydrogen) atoms. The molecule has 0 aromatic carbocycles. The molecule has 0 spiro atoms. The van der Waals surface area contributed by atoms with Gasteiger partial charge in [0.1, 0.15) is 19.8 Å². The van der Waals surface area contributed by atoms with Gasteiger partial charge in [0.05, 0.1) is 18.3 Å². The maximum absolute atomic E-state index is 13.1. The fourth-order valence-corrected chi connectivity index (χ4v) is 9.14. The zero-order valence-corrected chi connectivity index (χ0v) is 30.5. The van der Waals surface area contributed by atoms with Gasteiger partial charge in [0.2, 0.25) is 0 Å². The predicted molar refractivity (Wildman–Crippen MR) is 191 cm³/mol. The number of unbranched alkanes of at least 4 members (excludes halogenated alkanes) is 8. The molecule has 1 aliphatic heterocycles. The fourth-order valence-electron chi connectivity index (χ4n) is 9.14. The molecular weight excluding hydrogens is 602 g/mol. The molecule has 0 radical (unpaired) electrons. The zero-order chi connectivity index (χ0) is 34.0. The molecule has 1 unspecified atom stereocenters. The van der Waals surface area contributed by atoms with Crippen molar-refractivity contribution in [2.45, 2.75) is 142 Å². The van der Waals surface area contributed by atoms with Crippen LogP contribution in [0, 0.1) is 35.0 Å². The minimum atomic E-state index is -0.353. The molecule has 4 saturated carbocycles. The summed E-state index contributed by atoms with van der Waals surface area (Å²) < 4.78 is 17.2. The Kier molecular flexibility index (Phi) is 17.0. The highest BCUT2D eigenvalue weighted by molar-refractivity contribution is 5.72. The van der Waals surface area contributed by atoms with Crippen LogP contribution in [-0.4, -0.2) is 62.8 Å². The molecule has 4 aliphatic carbocycles. The summed E-state index contributed by atoms with van der Waals surface area (Å²) in [5, 5.41) is 0. The van der Waals surface area contributed by atoms with Crippen molar-refractivity contribution in [3.05, 3.63) is 24.3 Å². The molecule has 5 rings (SSSR count). The third-order valence-corrected chi connectivity index (χ3v) is 11.5. The lowest BCUT2D eigenvalue weighted by Crippen LogP contribution is -2.47. The predicted octanol–water partition coefficient (Wildman–Crippen LogP) is 8.99. The van der Waals surface area contributed by atoms with Crippen molar-refractivity contribution in [2.24, 2.45) is 35.0 Å². The summed E-state index contributed by atoms with van der Waals surface area (Å²) in [6.07, 6.45) is 31.6. The number of likely N-dealkylation sites (tertiary alicyclic amines) is 1. The summed E-state index contributed by atoms with van der Waals surface area (Å²) in [6, 6.07) is 0. The van der Waals surface area contributed by atoms with E-state index < -0.39 is 0 Å². The molecule has 4 bridgehead atoms. The summed E-state index contributed by atoms with van der Waals surface area (Å²) in [4.78, 5) is 40.7. The highest BCUT2D eigenvalue weighted by atomic mass is 16.6. The Bertz CT molecular complexity index is 993. The number of hydrogen-bond donors (Lipinski definition) is 0. The molecule has 7 heteroatoms. The first-order chi connectivity index (χ1) is 23.3. The normalized spacial score (nSPS) is 26.3. The molecule has 0 aromatic heterocycles. The van der Waals surface area contributed by atoms with E-state index >= 15 is 0 Å². The van der Waals surface area contributed by atoms with Crippen molar-refractivity contribution < 1.29 is 28.6 Å². The molecule has 0 aromatic rings. The van der Waals surface area contributed by atoms with Gasteiger partial charge in [0.15, 0.2) is 0 Å². The smallest absolute Gasteiger partial charge is 0.309 e. The van der Waals surface area contributed by atoms with Crippen molar-refractivity contribution in [2.75, 3.05) is 40.0 Å². The van der Waals surface area contributed by atoms with Crippen LogP contribution in [-0.2, 0) is 28.6 Å². The Morgan fingerprint density at radius 3 is 1.88 bits per heavy atom. The van der Waals surface area contributed by atoms with Crippen LogP contribution in [0.3, 0.4) is 0 Å². The summed E-state index contributed by atoms with van der Waals surface area (Å²) in [5.41, 5.74) is 0.121. The van der Waals surface area contributed by atoms with Crippen molar-refractivity contribution in [3.63, 3.8) is 0 Å². The van der Waals surface area contributed by atoms with Crippen LogP contribution in [0.25, 0.3) is 0 Å². The van der Waals surface area contributed by atoms with Gasteiger partial charge in [-0.05, 0) is 133 Å². The number of hydrogen-bond acceptors (Lipinski definition) is 7. The van der Waals surface area contributed by atoms with E-state index in [9.17, 15) is 14.4 Å². The number of carbonyl (C=O) groups excluding carboxylic acids is 3. The van der Waals surface area contributed by atoms with Gasteiger partial charge in [-0.3, -0.25) is 14.4 Å². The van der Waals surface area contributed by atoms with E-state index in [0.717, 1.165) is 75.8 Å². The van der Waals surface area contributed by atoms with Crippen molar-refractivity contribution in [1.82, 2.24) is 4.90 Å². The SMILES string of the molecule is CCCCC/C=C\C/C=C\CCCCCCCC(=O)OCC(COC(=O)CC12CC3CC(CC(C3)C1)C2)COC(=O)C1CCN(C)CC1. The Balaban J connectivity index is 1.10. The van der Waals surface area contributed by atoms with E-state index in [-0.39, 0.29) is 55.0 Å². The fraction of sp³-hybridized carbons (Fsp3) is 0.829. The van der Waals surface area contributed by atoms with Crippen LogP contribution in [0.2, 0.25) is 0 Å². The Morgan fingerprint density at radius 2 is 1.25 bits per heavy atom.